The van der Waals surface area contributed by atoms with Crippen molar-refractivity contribution < 1.29 is 23.0 Å². The van der Waals surface area contributed by atoms with E-state index >= 15 is 0 Å². The van der Waals surface area contributed by atoms with E-state index in [9.17, 15) is 18.3 Å². The number of benzene rings is 1. The number of piperidine rings is 2. The van der Waals surface area contributed by atoms with Gasteiger partial charge in [-0.3, -0.25) is 0 Å². The highest BCUT2D eigenvalue weighted by atomic mass is 19.4. The SMILES string of the molecule is CC1CCC(O)([C@H](CN2CCC(N3CCCCC3)CC2)c2cccc(OC(F)(F)F)c2)C1. The van der Waals surface area contributed by atoms with Gasteiger partial charge >= 0.3 is 6.36 Å². The van der Waals surface area contributed by atoms with E-state index in [0.29, 0.717) is 31.3 Å². The zero-order valence-electron chi connectivity index (χ0n) is 19.1. The minimum atomic E-state index is -4.72. The maximum atomic E-state index is 12.8. The summed E-state index contributed by atoms with van der Waals surface area (Å²) in [5.41, 5.74) is -0.151. The predicted molar refractivity (Wildman–Crippen MR) is 119 cm³/mol. The van der Waals surface area contributed by atoms with E-state index in [-0.39, 0.29) is 11.7 Å². The molecule has 3 atom stereocenters. The van der Waals surface area contributed by atoms with Gasteiger partial charge in [-0.1, -0.05) is 25.5 Å². The van der Waals surface area contributed by atoms with Crippen LogP contribution in [0.4, 0.5) is 13.2 Å². The highest BCUT2D eigenvalue weighted by Gasteiger charge is 2.44. The topological polar surface area (TPSA) is 35.9 Å². The zero-order chi connectivity index (χ0) is 22.8. The Bertz CT molecular complexity index is 745. The Morgan fingerprint density at radius 1 is 1.09 bits per heavy atom. The molecule has 0 aromatic heterocycles. The molecular formula is C25H37F3N2O2. The van der Waals surface area contributed by atoms with Gasteiger partial charge in [-0.2, -0.15) is 0 Å². The van der Waals surface area contributed by atoms with E-state index in [1.807, 2.05) is 6.07 Å². The monoisotopic (exact) mass is 454 g/mol. The fraction of sp³-hybridized carbons (Fsp3) is 0.760. The summed E-state index contributed by atoms with van der Waals surface area (Å²) in [5, 5.41) is 11.6. The zero-order valence-corrected chi connectivity index (χ0v) is 19.1. The van der Waals surface area contributed by atoms with Crippen molar-refractivity contribution in [2.75, 3.05) is 32.7 Å². The van der Waals surface area contributed by atoms with Gasteiger partial charge in [0.25, 0.3) is 0 Å². The van der Waals surface area contributed by atoms with Crippen molar-refractivity contribution in [1.82, 2.24) is 9.80 Å². The molecule has 1 N–H and O–H groups in total. The quantitative estimate of drug-likeness (QED) is 0.643. The number of rotatable bonds is 6. The molecule has 0 spiro atoms. The first-order valence-corrected chi connectivity index (χ1v) is 12.3. The minimum absolute atomic E-state index is 0.210. The average Bonchev–Trinajstić information content (AvgIpc) is 3.11. The molecule has 180 valence electrons. The lowest BCUT2D eigenvalue weighted by Crippen LogP contribution is -2.49. The third-order valence-corrected chi connectivity index (χ3v) is 7.82. The molecular weight excluding hydrogens is 417 g/mol. The highest BCUT2D eigenvalue weighted by Crippen LogP contribution is 2.45. The number of hydrogen-bond acceptors (Lipinski definition) is 4. The fourth-order valence-electron chi connectivity index (χ4n) is 6.14. The van der Waals surface area contributed by atoms with Crippen molar-refractivity contribution in [2.45, 2.75) is 82.2 Å². The molecule has 1 aromatic carbocycles. The number of aliphatic hydroxyl groups is 1. The third kappa shape index (κ3) is 5.97. The van der Waals surface area contributed by atoms with Gasteiger partial charge in [0, 0.05) is 18.5 Å². The van der Waals surface area contributed by atoms with Crippen molar-refractivity contribution in [3.63, 3.8) is 0 Å². The number of alkyl halides is 3. The van der Waals surface area contributed by atoms with Crippen LogP contribution in [0.1, 0.15) is 69.8 Å². The van der Waals surface area contributed by atoms with Crippen LogP contribution >= 0.6 is 0 Å². The number of hydrogen-bond donors (Lipinski definition) is 1. The third-order valence-electron chi connectivity index (χ3n) is 7.82. The van der Waals surface area contributed by atoms with Crippen LogP contribution in [0.5, 0.6) is 5.75 Å². The van der Waals surface area contributed by atoms with E-state index in [0.717, 1.165) is 37.9 Å². The standard InChI is InChI=1S/C25H37F3N2O2/c1-19-8-11-24(31,17-19)23(20-6-5-7-22(16-20)32-25(26,27)28)18-29-14-9-21(10-15-29)30-12-3-2-4-13-30/h5-7,16,19,21,23,31H,2-4,8-15,17-18H2,1H3/t19?,23-,24?/m1/s1. The summed E-state index contributed by atoms with van der Waals surface area (Å²) in [6.07, 6.45) is 3.78. The van der Waals surface area contributed by atoms with Gasteiger partial charge in [-0.05, 0) is 94.7 Å². The van der Waals surface area contributed by atoms with Crippen LogP contribution in [0.25, 0.3) is 0 Å². The van der Waals surface area contributed by atoms with Crippen LogP contribution in [-0.2, 0) is 0 Å². The molecule has 7 heteroatoms. The Morgan fingerprint density at radius 3 is 2.44 bits per heavy atom. The van der Waals surface area contributed by atoms with Crippen molar-refractivity contribution in [2.24, 2.45) is 5.92 Å². The first kappa shape index (κ1) is 23.8. The van der Waals surface area contributed by atoms with E-state index in [2.05, 4.69) is 21.5 Å². The summed E-state index contributed by atoms with van der Waals surface area (Å²) in [6, 6.07) is 6.89. The molecule has 4 rings (SSSR count). The molecule has 0 radical (unpaired) electrons. The molecule has 32 heavy (non-hydrogen) atoms. The van der Waals surface area contributed by atoms with Gasteiger partial charge < -0.3 is 19.6 Å². The summed E-state index contributed by atoms with van der Waals surface area (Å²) < 4.78 is 42.5. The number of halogens is 3. The Kier molecular flexibility index (Phi) is 7.37. The second-order valence-corrected chi connectivity index (χ2v) is 10.3. The van der Waals surface area contributed by atoms with Crippen LogP contribution in [0.2, 0.25) is 0 Å². The molecule has 2 saturated heterocycles. The Morgan fingerprint density at radius 2 is 1.81 bits per heavy atom. The van der Waals surface area contributed by atoms with Crippen LogP contribution in [0.3, 0.4) is 0 Å². The molecule has 4 nitrogen and oxygen atoms in total. The summed E-state index contributed by atoms with van der Waals surface area (Å²) in [5.74, 6) is -0.0174. The summed E-state index contributed by atoms with van der Waals surface area (Å²) in [7, 11) is 0. The molecule has 0 bridgehead atoms. The molecule has 1 saturated carbocycles. The molecule has 3 fully saturated rings. The van der Waals surface area contributed by atoms with Crippen molar-refractivity contribution in [1.29, 1.82) is 0 Å². The van der Waals surface area contributed by atoms with Crippen LogP contribution in [0.15, 0.2) is 24.3 Å². The highest BCUT2D eigenvalue weighted by molar-refractivity contribution is 5.33. The molecule has 2 aliphatic heterocycles. The summed E-state index contributed by atoms with van der Waals surface area (Å²) in [6.45, 7) is 7.17. The Labute approximate surface area is 189 Å². The minimum Gasteiger partial charge on any atom is -0.406 e. The van der Waals surface area contributed by atoms with Crippen LogP contribution in [0, 0.1) is 5.92 Å². The van der Waals surface area contributed by atoms with E-state index in [1.165, 1.54) is 44.5 Å². The lowest BCUT2D eigenvalue weighted by Gasteiger charge is -2.43. The van der Waals surface area contributed by atoms with Gasteiger partial charge in [0.1, 0.15) is 5.75 Å². The lowest BCUT2D eigenvalue weighted by molar-refractivity contribution is -0.274. The number of nitrogens with zero attached hydrogens (tertiary/aromatic N) is 2. The Hall–Kier alpha value is -1.31. The molecule has 0 amide bonds. The van der Waals surface area contributed by atoms with E-state index < -0.39 is 12.0 Å². The number of likely N-dealkylation sites (tertiary alicyclic amines) is 2. The average molecular weight is 455 g/mol. The molecule has 2 heterocycles. The molecule has 3 aliphatic rings. The fourth-order valence-corrected chi connectivity index (χ4v) is 6.14. The lowest BCUT2D eigenvalue weighted by atomic mass is 9.79. The summed E-state index contributed by atoms with van der Waals surface area (Å²) >= 11 is 0. The molecule has 1 aliphatic carbocycles. The molecule has 1 aromatic rings. The van der Waals surface area contributed by atoms with Gasteiger partial charge in [-0.25, -0.2) is 0 Å². The molecule has 2 unspecified atom stereocenters. The smallest absolute Gasteiger partial charge is 0.406 e. The number of ether oxygens (including phenoxy) is 1. The second kappa shape index (κ2) is 9.90. The van der Waals surface area contributed by atoms with Gasteiger partial charge in [0.2, 0.25) is 0 Å². The van der Waals surface area contributed by atoms with Crippen LogP contribution < -0.4 is 4.74 Å². The van der Waals surface area contributed by atoms with E-state index in [1.54, 1.807) is 6.07 Å². The Balaban J connectivity index is 1.47. The first-order valence-electron chi connectivity index (χ1n) is 12.3. The van der Waals surface area contributed by atoms with E-state index in [4.69, 9.17) is 0 Å². The maximum Gasteiger partial charge on any atom is 0.573 e. The largest absolute Gasteiger partial charge is 0.573 e. The van der Waals surface area contributed by atoms with Gasteiger partial charge in [0.05, 0.1) is 5.60 Å². The predicted octanol–water partition coefficient (Wildman–Crippen LogP) is 5.17. The van der Waals surface area contributed by atoms with Crippen molar-refractivity contribution >= 4 is 0 Å². The summed E-state index contributed by atoms with van der Waals surface area (Å²) in [4.78, 5) is 5.05. The van der Waals surface area contributed by atoms with Crippen molar-refractivity contribution in [3.05, 3.63) is 29.8 Å². The first-order chi connectivity index (χ1) is 15.2. The maximum absolute atomic E-state index is 12.8. The normalized spacial score (nSPS) is 29.8. The second-order valence-electron chi connectivity index (χ2n) is 10.3. The van der Waals surface area contributed by atoms with Gasteiger partial charge in [0.15, 0.2) is 0 Å². The van der Waals surface area contributed by atoms with Crippen molar-refractivity contribution in [3.8, 4) is 5.75 Å². The van der Waals surface area contributed by atoms with Gasteiger partial charge in [-0.15, -0.1) is 13.2 Å². The van der Waals surface area contributed by atoms with Crippen LogP contribution in [-0.4, -0.2) is 65.6 Å².